The number of amides is 1. The molecule has 0 radical (unpaired) electrons. The van der Waals surface area contributed by atoms with Crippen molar-refractivity contribution < 1.29 is 13.7 Å². The van der Waals surface area contributed by atoms with Crippen molar-refractivity contribution in [2.75, 3.05) is 5.32 Å². The zero-order valence-corrected chi connectivity index (χ0v) is 9.24. The minimum absolute atomic E-state index is 0.108. The van der Waals surface area contributed by atoms with Gasteiger partial charge < -0.3 is 15.6 Å². The van der Waals surface area contributed by atoms with E-state index in [2.05, 4.69) is 15.5 Å². The third-order valence-corrected chi connectivity index (χ3v) is 2.68. The average Bonchev–Trinajstić information content (AvgIpc) is 2.93. The van der Waals surface area contributed by atoms with Gasteiger partial charge in [0.2, 0.25) is 17.6 Å². The number of hydrogen-bond donors (Lipinski definition) is 2. The number of hydrogen-bond acceptors (Lipinski definition) is 5. The van der Waals surface area contributed by atoms with Gasteiger partial charge >= 0.3 is 0 Å². The fraction of sp³-hybridized carbons (Fsp3) is 0.182. The highest BCUT2D eigenvalue weighted by molar-refractivity contribution is 6.03. The molecule has 1 aromatic heterocycles. The maximum atomic E-state index is 13.5. The second kappa shape index (κ2) is 3.88. The van der Waals surface area contributed by atoms with E-state index in [-0.39, 0.29) is 30.6 Å². The highest BCUT2D eigenvalue weighted by Crippen LogP contribution is 2.34. The quantitative estimate of drug-likeness (QED) is 0.820. The fourth-order valence-corrected chi connectivity index (χ4v) is 1.93. The molecule has 0 saturated carbocycles. The van der Waals surface area contributed by atoms with E-state index in [4.69, 9.17) is 10.3 Å². The minimum atomic E-state index is -0.445. The lowest BCUT2D eigenvalue weighted by Crippen LogP contribution is -2.04. The van der Waals surface area contributed by atoms with Crippen LogP contribution in [-0.2, 0) is 17.8 Å². The topological polar surface area (TPSA) is 94.0 Å². The van der Waals surface area contributed by atoms with Crippen LogP contribution in [0.15, 0.2) is 16.7 Å². The minimum Gasteiger partial charge on any atom is -0.338 e. The van der Waals surface area contributed by atoms with Crippen molar-refractivity contribution in [3.8, 4) is 11.4 Å². The number of anilines is 1. The Bertz CT molecular complexity index is 638. The number of halogens is 1. The number of nitrogens with two attached hydrogens (primary N) is 1. The first kappa shape index (κ1) is 10.8. The molecule has 1 amide bonds. The van der Waals surface area contributed by atoms with Crippen LogP contribution in [0, 0.1) is 5.82 Å². The van der Waals surface area contributed by atoms with Crippen LogP contribution in [0.5, 0.6) is 0 Å². The van der Waals surface area contributed by atoms with Crippen molar-refractivity contribution in [3.05, 3.63) is 29.4 Å². The van der Waals surface area contributed by atoms with Crippen molar-refractivity contribution in [2.45, 2.75) is 13.0 Å². The summed E-state index contributed by atoms with van der Waals surface area (Å²) in [5.41, 5.74) is 6.89. The van der Waals surface area contributed by atoms with E-state index in [1.165, 1.54) is 12.1 Å². The first-order valence-corrected chi connectivity index (χ1v) is 5.32. The highest BCUT2D eigenvalue weighted by Gasteiger charge is 2.24. The molecule has 3 rings (SSSR count). The summed E-state index contributed by atoms with van der Waals surface area (Å²) in [5.74, 6) is -0.153. The Morgan fingerprint density at radius 3 is 3.06 bits per heavy atom. The lowest BCUT2D eigenvalue weighted by molar-refractivity contribution is -0.115. The Hall–Kier alpha value is -2.28. The Morgan fingerprint density at radius 1 is 1.50 bits per heavy atom. The average molecular weight is 248 g/mol. The van der Waals surface area contributed by atoms with Gasteiger partial charge in [0.1, 0.15) is 5.82 Å². The lowest BCUT2D eigenvalue weighted by Gasteiger charge is -2.04. The first-order chi connectivity index (χ1) is 8.67. The van der Waals surface area contributed by atoms with Gasteiger partial charge in [-0.3, -0.25) is 4.79 Å². The summed E-state index contributed by atoms with van der Waals surface area (Å²) < 4.78 is 18.3. The van der Waals surface area contributed by atoms with Crippen molar-refractivity contribution >= 4 is 11.6 Å². The molecule has 0 unspecified atom stereocenters. The van der Waals surface area contributed by atoms with Gasteiger partial charge in [-0.15, -0.1) is 0 Å². The largest absolute Gasteiger partial charge is 0.338 e. The van der Waals surface area contributed by atoms with Crippen LogP contribution >= 0.6 is 0 Å². The summed E-state index contributed by atoms with van der Waals surface area (Å²) in [6.45, 7) is 0.108. The summed E-state index contributed by atoms with van der Waals surface area (Å²) >= 11 is 0. The fourth-order valence-electron chi connectivity index (χ4n) is 1.93. The van der Waals surface area contributed by atoms with Crippen LogP contribution in [0.2, 0.25) is 0 Å². The van der Waals surface area contributed by atoms with Gasteiger partial charge in [0.05, 0.1) is 18.7 Å². The number of aromatic nitrogens is 2. The van der Waals surface area contributed by atoms with E-state index in [0.717, 1.165) is 0 Å². The number of fused-ring (bicyclic) bond motifs is 1. The third-order valence-electron chi connectivity index (χ3n) is 2.68. The zero-order chi connectivity index (χ0) is 12.7. The van der Waals surface area contributed by atoms with Crippen LogP contribution < -0.4 is 11.1 Å². The predicted molar refractivity (Wildman–Crippen MR) is 59.9 cm³/mol. The molecule has 7 heteroatoms. The molecule has 6 nitrogen and oxygen atoms in total. The Kier molecular flexibility index (Phi) is 2.34. The van der Waals surface area contributed by atoms with E-state index in [1.54, 1.807) is 0 Å². The molecule has 18 heavy (non-hydrogen) atoms. The molecule has 0 bridgehead atoms. The molecule has 1 aliphatic rings. The molecule has 0 fully saturated rings. The predicted octanol–water partition coefficient (Wildman–Crippen LogP) is 0.829. The molecule has 0 aliphatic carbocycles. The number of rotatable bonds is 2. The van der Waals surface area contributed by atoms with Gasteiger partial charge in [-0.2, -0.15) is 4.98 Å². The second-order valence-electron chi connectivity index (χ2n) is 3.93. The third kappa shape index (κ3) is 1.65. The van der Waals surface area contributed by atoms with Gasteiger partial charge in [-0.25, -0.2) is 4.39 Å². The van der Waals surface area contributed by atoms with Gasteiger partial charge in [0, 0.05) is 5.56 Å². The molecule has 3 N–H and O–H groups in total. The van der Waals surface area contributed by atoms with Crippen molar-refractivity contribution in [2.24, 2.45) is 5.73 Å². The number of nitrogens with one attached hydrogen (secondary N) is 1. The first-order valence-electron chi connectivity index (χ1n) is 5.32. The van der Waals surface area contributed by atoms with Crippen LogP contribution in [0.4, 0.5) is 10.1 Å². The van der Waals surface area contributed by atoms with Crippen LogP contribution in [-0.4, -0.2) is 16.0 Å². The number of benzene rings is 1. The summed E-state index contributed by atoms with van der Waals surface area (Å²) in [7, 11) is 0. The molecule has 1 aromatic carbocycles. The van der Waals surface area contributed by atoms with Crippen molar-refractivity contribution in [3.63, 3.8) is 0 Å². The molecular formula is C11H9FN4O2. The molecule has 2 aromatic rings. The SMILES string of the molecule is NCc1nc(-c2cc(F)cc3c2NC(=O)C3)no1. The lowest BCUT2D eigenvalue weighted by atomic mass is 10.1. The maximum absolute atomic E-state index is 13.5. The van der Waals surface area contributed by atoms with E-state index < -0.39 is 5.82 Å². The van der Waals surface area contributed by atoms with Gasteiger partial charge in [0.25, 0.3) is 0 Å². The number of nitrogens with zero attached hydrogens (tertiary/aromatic N) is 2. The van der Waals surface area contributed by atoms with Crippen molar-refractivity contribution in [1.29, 1.82) is 0 Å². The van der Waals surface area contributed by atoms with Gasteiger partial charge in [0.15, 0.2) is 0 Å². The highest BCUT2D eigenvalue weighted by atomic mass is 19.1. The Balaban J connectivity index is 2.15. The van der Waals surface area contributed by atoms with Gasteiger partial charge in [-0.05, 0) is 17.7 Å². The molecule has 1 aliphatic heterocycles. The van der Waals surface area contributed by atoms with Crippen LogP contribution in [0.1, 0.15) is 11.5 Å². The molecule has 0 spiro atoms. The Labute approximate surface area is 101 Å². The van der Waals surface area contributed by atoms with Crippen LogP contribution in [0.25, 0.3) is 11.4 Å². The molecule has 0 saturated heterocycles. The monoisotopic (exact) mass is 248 g/mol. The summed E-state index contributed by atoms with van der Waals surface area (Å²) in [6, 6.07) is 2.58. The summed E-state index contributed by atoms with van der Waals surface area (Å²) in [6.07, 6.45) is 0.154. The Morgan fingerprint density at radius 2 is 2.33 bits per heavy atom. The molecule has 0 atom stereocenters. The maximum Gasteiger partial charge on any atom is 0.240 e. The summed E-state index contributed by atoms with van der Waals surface area (Å²) in [4.78, 5) is 15.4. The van der Waals surface area contributed by atoms with E-state index in [9.17, 15) is 9.18 Å². The number of carbonyl (C=O) groups excluding carboxylic acids is 1. The molecule has 2 heterocycles. The zero-order valence-electron chi connectivity index (χ0n) is 9.24. The number of carbonyl (C=O) groups is 1. The molecule has 92 valence electrons. The smallest absolute Gasteiger partial charge is 0.240 e. The van der Waals surface area contributed by atoms with Gasteiger partial charge in [-0.1, -0.05) is 5.16 Å². The molecular weight excluding hydrogens is 239 g/mol. The van der Waals surface area contributed by atoms with E-state index in [0.29, 0.717) is 16.8 Å². The van der Waals surface area contributed by atoms with Crippen LogP contribution in [0.3, 0.4) is 0 Å². The van der Waals surface area contributed by atoms with E-state index in [1.807, 2.05) is 0 Å². The van der Waals surface area contributed by atoms with E-state index >= 15 is 0 Å². The summed E-state index contributed by atoms with van der Waals surface area (Å²) in [5, 5.41) is 6.38. The second-order valence-corrected chi connectivity index (χ2v) is 3.93. The standard InChI is InChI=1S/C11H9FN4O2/c12-6-1-5-2-8(17)14-10(5)7(3-6)11-15-9(4-13)18-16-11/h1,3H,2,4,13H2,(H,14,17). The normalized spacial score (nSPS) is 13.6. The van der Waals surface area contributed by atoms with Crippen molar-refractivity contribution in [1.82, 2.24) is 10.1 Å².